The second kappa shape index (κ2) is 6.75. The van der Waals surface area contributed by atoms with Crippen molar-refractivity contribution >= 4 is 16.9 Å². The first kappa shape index (κ1) is 16.1. The van der Waals surface area contributed by atoms with E-state index in [1.165, 1.54) is 6.42 Å². The number of hydrogen-bond acceptors (Lipinski definition) is 3. The lowest BCUT2D eigenvalue weighted by molar-refractivity contribution is -0.123. The summed E-state index contributed by atoms with van der Waals surface area (Å²) in [5, 5.41) is 4.13. The highest BCUT2D eigenvalue weighted by molar-refractivity contribution is 5.80. The zero-order valence-electron chi connectivity index (χ0n) is 14.2. The normalized spacial score (nSPS) is 23.8. The molecule has 23 heavy (non-hydrogen) atoms. The van der Waals surface area contributed by atoms with Gasteiger partial charge in [-0.05, 0) is 37.3 Å². The number of carbonyl (C=O) groups excluding carboxylic acids is 1. The third-order valence-electron chi connectivity index (χ3n) is 4.56. The summed E-state index contributed by atoms with van der Waals surface area (Å²) in [6, 6.07) is 9.80. The maximum atomic E-state index is 12.3. The van der Waals surface area contributed by atoms with Crippen LogP contribution in [0.2, 0.25) is 0 Å². The van der Waals surface area contributed by atoms with Gasteiger partial charge in [0.15, 0.2) is 0 Å². The second-order valence-corrected chi connectivity index (χ2v) is 7.12. The molecule has 3 rings (SSSR count). The Balaban J connectivity index is 1.58. The molecule has 1 aromatic heterocycles. The Morgan fingerprint density at radius 2 is 2.00 bits per heavy atom. The van der Waals surface area contributed by atoms with Gasteiger partial charge in [-0.1, -0.05) is 32.0 Å². The van der Waals surface area contributed by atoms with Crippen LogP contribution in [0.25, 0.3) is 11.0 Å². The number of piperidine rings is 1. The number of amides is 1. The molecule has 4 heteroatoms. The van der Waals surface area contributed by atoms with Crippen LogP contribution in [0.4, 0.5) is 0 Å². The Hall–Kier alpha value is -1.81. The summed E-state index contributed by atoms with van der Waals surface area (Å²) in [7, 11) is 0. The maximum absolute atomic E-state index is 12.3. The van der Waals surface area contributed by atoms with Gasteiger partial charge < -0.3 is 9.73 Å². The minimum atomic E-state index is -0.116. The number of hydrogen-bond donors (Lipinski definition) is 1. The van der Waals surface area contributed by atoms with Gasteiger partial charge in [0.1, 0.15) is 11.3 Å². The SMILES string of the molecule is C[C@H]1C[C@H](C)CN(CC(=O)N[C@@H](C)c2cc3ccccc3o2)C1. The van der Waals surface area contributed by atoms with Crippen molar-refractivity contribution in [2.75, 3.05) is 19.6 Å². The number of fused-ring (bicyclic) bond motifs is 1. The van der Waals surface area contributed by atoms with Crippen molar-refractivity contribution in [2.45, 2.75) is 33.2 Å². The summed E-state index contributed by atoms with van der Waals surface area (Å²) in [4.78, 5) is 14.6. The highest BCUT2D eigenvalue weighted by atomic mass is 16.3. The fourth-order valence-electron chi connectivity index (χ4n) is 3.70. The number of rotatable bonds is 4. The first-order valence-electron chi connectivity index (χ1n) is 8.51. The molecule has 1 aromatic carbocycles. The van der Waals surface area contributed by atoms with Gasteiger partial charge in [-0.15, -0.1) is 0 Å². The first-order chi connectivity index (χ1) is 11.0. The molecule has 4 nitrogen and oxygen atoms in total. The Kier molecular flexibility index (Phi) is 4.71. The smallest absolute Gasteiger partial charge is 0.234 e. The number of likely N-dealkylation sites (tertiary alicyclic amines) is 1. The van der Waals surface area contributed by atoms with E-state index in [1.54, 1.807) is 0 Å². The molecule has 3 atom stereocenters. The minimum absolute atomic E-state index is 0.0688. The van der Waals surface area contributed by atoms with Crippen LogP contribution in [0.1, 0.15) is 39.0 Å². The van der Waals surface area contributed by atoms with E-state index >= 15 is 0 Å². The molecule has 124 valence electrons. The third-order valence-corrected chi connectivity index (χ3v) is 4.56. The molecule has 0 bridgehead atoms. The average Bonchev–Trinajstić information content (AvgIpc) is 2.89. The largest absolute Gasteiger partial charge is 0.459 e. The molecule has 2 aromatic rings. The van der Waals surface area contributed by atoms with E-state index in [0.29, 0.717) is 18.4 Å². The van der Waals surface area contributed by atoms with Gasteiger partial charge in [0.25, 0.3) is 0 Å². The number of carbonyl (C=O) groups is 1. The van der Waals surface area contributed by atoms with Gasteiger partial charge in [-0.25, -0.2) is 0 Å². The van der Waals surface area contributed by atoms with Crippen molar-refractivity contribution in [3.63, 3.8) is 0 Å². The van der Waals surface area contributed by atoms with Crippen molar-refractivity contribution < 1.29 is 9.21 Å². The average molecular weight is 314 g/mol. The molecule has 1 N–H and O–H groups in total. The second-order valence-electron chi connectivity index (χ2n) is 7.12. The molecule has 0 saturated carbocycles. The lowest BCUT2D eigenvalue weighted by Crippen LogP contribution is -2.44. The number of para-hydroxylation sites is 1. The quantitative estimate of drug-likeness (QED) is 0.938. The molecule has 1 aliphatic rings. The number of benzene rings is 1. The Morgan fingerprint density at radius 3 is 2.70 bits per heavy atom. The molecular formula is C19H26N2O2. The highest BCUT2D eigenvalue weighted by Gasteiger charge is 2.24. The zero-order chi connectivity index (χ0) is 16.4. The molecular weight excluding hydrogens is 288 g/mol. The van der Waals surface area contributed by atoms with Crippen LogP contribution in [-0.4, -0.2) is 30.4 Å². The first-order valence-corrected chi connectivity index (χ1v) is 8.51. The van der Waals surface area contributed by atoms with Crippen LogP contribution in [0.5, 0.6) is 0 Å². The topological polar surface area (TPSA) is 45.5 Å². The van der Waals surface area contributed by atoms with E-state index in [2.05, 4.69) is 24.1 Å². The van der Waals surface area contributed by atoms with E-state index in [-0.39, 0.29) is 11.9 Å². The minimum Gasteiger partial charge on any atom is -0.459 e. The van der Waals surface area contributed by atoms with Crippen LogP contribution in [0, 0.1) is 11.8 Å². The molecule has 0 unspecified atom stereocenters. The van der Waals surface area contributed by atoms with E-state index in [9.17, 15) is 4.79 Å². The van der Waals surface area contributed by atoms with Gasteiger partial charge in [-0.3, -0.25) is 9.69 Å². The molecule has 2 heterocycles. The van der Waals surface area contributed by atoms with Gasteiger partial charge in [0.2, 0.25) is 5.91 Å². The van der Waals surface area contributed by atoms with Crippen LogP contribution < -0.4 is 5.32 Å². The van der Waals surface area contributed by atoms with Crippen LogP contribution in [-0.2, 0) is 4.79 Å². The summed E-state index contributed by atoms with van der Waals surface area (Å²) >= 11 is 0. The summed E-state index contributed by atoms with van der Waals surface area (Å²) in [6.45, 7) is 8.99. The Labute approximate surface area is 137 Å². The van der Waals surface area contributed by atoms with Crippen molar-refractivity contribution in [1.29, 1.82) is 0 Å². The molecule has 0 aliphatic carbocycles. The van der Waals surface area contributed by atoms with Gasteiger partial charge in [0, 0.05) is 18.5 Å². The standard InChI is InChI=1S/C19H26N2O2/c1-13-8-14(2)11-21(10-13)12-19(22)20-15(3)18-9-16-6-4-5-7-17(16)23-18/h4-7,9,13-15H,8,10-12H2,1-3H3,(H,20,22)/t13-,14-,15-/m0/s1. The molecule has 0 radical (unpaired) electrons. The Bertz CT molecular complexity index is 636. The fraction of sp³-hybridized carbons (Fsp3) is 0.526. The van der Waals surface area contributed by atoms with Gasteiger partial charge in [0.05, 0.1) is 12.6 Å². The van der Waals surface area contributed by atoms with E-state index in [0.717, 1.165) is 29.8 Å². The predicted molar refractivity (Wildman–Crippen MR) is 92.2 cm³/mol. The molecule has 0 spiro atoms. The van der Waals surface area contributed by atoms with E-state index in [1.807, 2.05) is 37.3 Å². The van der Waals surface area contributed by atoms with E-state index < -0.39 is 0 Å². The number of nitrogens with one attached hydrogen (secondary N) is 1. The van der Waals surface area contributed by atoms with Gasteiger partial charge >= 0.3 is 0 Å². The van der Waals surface area contributed by atoms with Crippen LogP contribution >= 0.6 is 0 Å². The summed E-state index contributed by atoms with van der Waals surface area (Å²) in [5.74, 6) is 2.21. The zero-order valence-corrected chi connectivity index (χ0v) is 14.2. The lowest BCUT2D eigenvalue weighted by atomic mass is 9.92. The highest BCUT2D eigenvalue weighted by Crippen LogP contribution is 2.24. The van der Waals surface area contributed by atoms with E-state index in [4.69, 9.17) is 4.42 Å². The maximum Gasteiger partial charge on any atom is 0.234 e. The van der Waals surface area contributed by atoms with Crippen molar-refractivity contribution in [2.24, 2.45) is 11.8 Å². The van der Waals surface area contributed by atoms with Crippen molar-refractivity contribution in [3.8, 4) is 0 Å². The fourth-order valence-corrected chi connectivity index (χ4v) is 3.70. The Morgan fingerprint density at radius 1 is 1.30 bits per heavy atom. The summed E-state index contributed by atoms with van der Waals surface area (Å²) < 4.78 is 5.83. The predicted octanol–water partition coefficient (Wildman–Crippen LogP) is 3.59. The summed E-state index contributed by atoms with van der Waals surface area (Å²) in [5.41, 5.74) is 0.863. The molecule has 1 amide bonds. The number of furan rings is 1. The van der Waals surface area contributed by atoms with Crippen molar-refractivity contribution in [3.05, 3.63) is 36.1 Å². The number of nitrogens with zero attached hydrogens (tertiary/aromatic N) is 1. The van der Waals surface area contributed by atoms with Crippen LogP contribution in [0.15, 0.2) is 34.7 Å². The molecule has 1 aliphatic heterocycles. The van der Waals surface area contributed by atoms with Gasteiger partial charge in [-0.2, -0.15) is 0 Å². The summed E-state index contributed by atoms with van der Waals surface area (Å²) in [6.07, 6.45) is 1.26. The monoisotopic (exact) mass is 314 g/mol. The van der Waals surface area contributed by atoms with Crippen LogP contribution in [0.3, 0.4) is 0 Å². The third kappa shape index (κ3) is 3.94. The van der Waals surface area contributed by atoms with Crippen molar-refractivity contribution in [1.82, 2.24) is 10.2 Å². The lowest BCUT2D eigenvalue weighted by Gasteiger charge is -2.34. The molecule has 1 saturated heterocycles. The molecule has 1 fully saturated rings.